The van der Waals surface area contributed by atoms with Crippen LogP contribution in [0.4, 0.5) is 0 Å². The summed E-state index contributed by atoms with van der Waals surface area (Å²) in [6, 6.07) is 12.9. The maximum Gasteiger partial charge on any atom is -0.0125 e. The van der Waals surface area contributed by atoms with Crippen molar-refractivity contribution < 1.29 is 0 Å². The first-order valence-corrected chi connectivity index (χ1v) is 9.21. The normalized spacial score (nSPS) is 10.8. The number of aryl methyl sites for hydroxylation is 2. The molecule has 136 valence electrons. The molecule has 0 fully saturated rings. The molecule has 2 rings (SSSR count). The van der Waals surface area contributed by atoms with Crippen molar-refractivity contribution in [2.75, 3.05) is 0 Å². The summed E-state index contributed by atoms with van der Waals surface area (Å²) in [5.41, 5.74) is 6.96. The molecule has 0 radical (unpaired) electrons. The molecule has 0 unspecified atom stereocenters. The van der Waals surface area contributed by atoms with Gasteiger partial charge in [0.15, 0.2) is 0 Å². The van der Waals surface area contributed by atoms with E-state index in [0.717, 1.165) is 6.42 Å². The Morgan fingerprint density at radius 2 is 1.36 bits per heavy atom. The van der Waals surface area contributed by atoms with E-state index in [9.17, 15) is 0 Å². The highest BCUT2D eigenvalue weighted by atomic mass is 14.1. The molecule has 0 nitrogen and oxygen atoms in total. The van der Waals surface area contributed by atoms with E-state index >= 15 is 0 Å². The van der Waals surface area contributed by atoms with E-state index in [1.54, 1.807) is 0 Å². The molecule has 0 aliphatic carbocycles. The lowest BCUT2D eigenvalue weighted by molar-refractivity contribution is 0.882. The van der Waals surface area contributed by atoms with Crippen LogP contribution < -0.4 is 0 Å². The van der Waals surface area contributed by atoms with Gasteiger partial charge in [-0.15, -0.1) is 13.2 Å². The van der Waals surface area contributed by atoms with Crippen LogP contribution in [0.3, 0.4) is 0 Å². The summed E-state index contributed by atoms with van der Waals surface area (Å²) in [7, 11) is 0. The van der Waals surface area contributed by atoms with Crippen molar-refractivity contribution in [2.24, 2.45) is 0 Å². The fraction of sp³-hybridized carbons (Fsp3) is 0.360. The molecule has 0 spiro atoms. The van der Waals surface area contributed by atoms with Gasteiger partial charge >= 0.3 is 0 Å². The molecule has 0 atom stereocenters. The van der Waals surface area contributed by atoms with Crippen molar-refractivity contribution in [1.29, 1.82) is 0 Å². The molecule has 0 saturated heterocycles. The molecule has 0 bridgehead atoms. The second kappa shape index (κ2) is 12.3. The number of hydrogen-bond acceptors (Lipinski definition) is 0. The second-order valence-electron chi connectivity index (χ2n) is 6.39. The molecule has 0 amide bonds. The highest BCUT2D eigenvalue weighted by Gasteiger charge is 2.00. The zero-order valence-corrected chi connectivity index (χ0v) is 17.2. The minimum Gasteiger partial charge on any atom is -0.106 e. The van der Waals surface area contributed by atoms with Crippen molar-refractivity contribution in [2.45, 2.75) is 60.8 Å². The van der Waals surface area contributed by atoms with Crippen LogP contribution in [0.25, 0.3) is 10.8 Å². The van der Waals surface area contributed by atoms with E-state index < -0.39 is 0 Å². The molecule has 25 heavy (non-hydrogen) atoms. The lowest BCUT2D eigenvalue weighted by atomic mass is 9.97. The Balaban J connectivity index is 0.000000422. The van der Waals surface area contributed by atoms with Crippen molar-refractivity contribution in [1.82, 2.24) is 0 Å². The van der Waals surface area contributed by atoms with Crippen molar-refractivity contribution in [3.63, 3.8) is 0 Å². The summed E-state index contributed by atoms with van der Waals surface area (Å²) in [6.07, 6.45) is 3.57. The zero-order valence-electron chi connectivity index (χ0n) is 17.2. The van der Waals surface area contributed by atoms with Crippen LogP contribution in [0, 0.1) is 13.8 Å². The Hall–Kier alpha value is -2.08. The van der Waals surface area contributed by atoms with E-state index in [-0.39, 0.29) is 0 Å². The average molecular weight is 337 g/mol. The van der Waals surface area contributed by atoms with Crippen LogP contribution in [0.1, 0.15) is 58.1 Å². The second-order valence-corrected chi connectivity index (χ2v) is 6.39. The number of rotatable bonds is 4. The van der Waals surface area contributed by atoms with E-state index in [2.05, 4.69) is 97.7 Å². The Bertz CT molecular complexity index is 664. The monoisotopic (exact) mass is 336 g/mol. The maximum absolute atomic E-state index is 3.99. The Morgan fingerprint density at radius 3 is 1.68 bits per heavy atom. The number of hydrogen-bond donors (Lipinski definition) is 0. The topological polar surface area (TPSA) is 0 Å². The van der Waals surface area contributed by atoms with Gasteiger partial charge in [0.2, 0.25) is 0 Å². The lowest BCUT2D eigenvalue weighted by Gasteiger charge is -2.09. The standard InChI is InChI=1S/C12H12.C11H20.C2H4/c1-9-5-3-7-11-8-4-6-10(2)12(9)11;1-6-8-11(9(3)4)10(5)7-2;1-2/h3-8H,1-2H3;3,6-8H2,1-2,4-5H3;1-2H2/b;11-10+;. The fourth-order valence-electron chi connectivity index (χ4n) is 3.00. The first-order valence-electron chi connectivity index (χ1n) is 9.21. The molecule has 0 aliphatic rings. The molecule has 2 aromatic carbocycles. The minimum absolute atomic E-state index is 1.15. The van der Waals surface area contributed by atoms with Gasteiger partial charge in [0.25, 0.3) is 0 Å². The van der Waals surface area contributed by atoms with Crippen molar-refractivity contribution in [3.8, 4) is 0 Å². The predicted molar refractivity (Wildman–Crippen MR) is 117 cm³/mol. The Kier molecular flexibility index (Phi) is 11.3. The molecule has 0 aliphatic heterocycles. The SMILES string of the molecule is C=C.C=C(C)/C(CCC)=C(\C)CC.Cc1cccc2cccc(C)c12. The quantitative estimate of drug-likeness (QED) is 0.388. The molecule has 0 aromatic heterocycles. The van der Waals surface area contributed by atoms with Gasteiger partial charge in [-0.05, 0) is 68.0 Å². The Morgan fingerprint density at radius 1 is 0.880 bits per heavy atom. The van der Waals surface area contributed by atoms with Gasteiger partial charge in [-0.25, -0.2) is 0 Å². The van der Waals surface area contributed by atoms with Crippen molar-refractivity contribution in [3.05, 3.63) is 84.0 Å². The van der Waals surface area contributed by atoms with E-state index in [1.165, 1.54) is 51.5 Å². The van der Waals surface area contributed by atoms with Crippen LogP contribution in [0.5, 0.6) is 0 Å². The number of fused-ring (bicyclic) bond motifs is 1. The summed E-state index contributed by atoms with van der Waals surface area (Å²) in [6.45, 7) is 23.0. The minimum atomic E-state index is 1.15. The van der Waals surface area contributed by atoms with Gasteiger partial charge in [-0.3, -0.25) is 0 Å². The highest BCUT2D eigenvalue weighted by Crippen LogP contribution is 2.21. The van der Waals surface area contributed by atoms with Crippen molar-refractivity contribution >= 4 is 10.8 Å². The van der Waals surface area contributed by atoms with Crippen LogP contribution in [-0.4, -0.2) is 0 Å². The number of allylic oxidation sites excluding steroid dienone is 3. The summed E-state index contributed by atoms with van der Waals surface area (Å²) in [5, 5.41) is 2.75. The molecular weight excluding hydrogens is 300 g/mol. The summed E-state index contributed by atoms with van der Waals surface area (Å²) in [4.78, 5) is 0. The molecule has 0 saturated carbocycles. The van der Waals surface area contributed by atoms with Crippen LogP contribution in [0.15, 0.2) is 72.9 Å². The largest absolute Gasteiger partial charge is 0.106 e. The molecule has 0 heteroatoms. The van der Waals surface area contributed by atoms with Crippen LogP contribution in [0.2, 0.25) is 0 Å². The molecule has 0 N–H and O–H groups in total. The molecule has 2 aromatic rings. The predicted octanol–water partition coefficient (Wildman–Crippen LogP) is 8.35. The third kappa shape index (κ3) is 7.13. The lowest BCUT2D eigenvalue weighted by Crippen LogP contribution is -1.89. The van der Waals surface area contributed by atoms with Crippen LogP contribution >= 0.6 is 0 Å². The maximum atomic E-state index is 3.99. The van der Waals surface area contributed by atoms with Gasteiger partial charge < -0.3 is 0 Å². The Labute approximate surface area is 156 Å². The molecular formula is C25H36. The average Bonchev–Trinajstić information content (AvgIpc) is 2.61. The fourth-order valence-corrected chi connectivity index (χ4v) is 3.00. The summed E-state index contributed by atoms with van der Waals surface area (Å²) < 4.78 is 0. The van der Waals surface area contributed by atoms with Gasteiger partial charge in [0, 0.05) is 0 Å². The summed E-state index contributed by atoms with van der Waals surface area (Å²) in [5.74, 6) is 0. The van der Waals surface area contributed by atoms with Gasteiger partial charge in [0.05, 0.1) is 0 Å². The highest BCUT2D eigenvalue weighted by molar-refractivity contribution is 5.88. The number of benzene rings is 2. The first kappa shape index (κ1) is 22.9. The smallest absolute Gasteiger partial charge is 0.0125 e. The van der Waals surface area contributed by atoms with E-state index in [0.29, 0.717) is 0 Å². The van der Waals surface area contributed by atoms with Gasteiger partial charge in [-0.2, -0.15) is 0 Å². The third-order valence-corrected chi connectivity index (χ3v) is 4.38. The first-order chi connectivity index (χ1) is 11.9. The third-order valence-electron chi connectivity index (χ3n) is 4.38. The van der Waals surface area contributed by atoms with Gasteiger partial charge in [-0.1, -0.05) is 74.4 Å². The van der Waals surface area contributed by atoms with E-state index in [4.69, 9.17) is 0 Å². The van der Waals surface area contributed by atoms with Crippen LogP contribution in [-0.2, 0) is 0 Å². The van der Waals surface area contributed by atoms with E-state index in [1.807, 2.05) is 0 Å². The zero-order chi connectivity index (χ0) is 19.4. The van der Waals surface area contributed by atoms with Gasteiger partial charge in [0.1, 0.15) is 0 Å². The molecule has 0 heterocycles. The summed E-state index contributed by atoms with van der Waals surface area (Å²) >= 11 is 0.